The second-order valence-electron chi connectivity index (χ2n) is 2.73. The molecule has 0 atom stereocenters. The number of aromatic nitrogens is 2. The third kappa shape index (κ3) is 1.28. The van der Waals surface area contributed by atoms with Crippen molar-refractivity contribution >= 4 is 11.6 Å². The summed E-state index contributed by atoms with van der Waals surface area (Å²) < 4.78 is 0. The van der Waals surface area contributed by atoms with E-state index in [0.717, 1.165) is 18.4 Å². The summed E-state index contributed by atoms with van der Waals surface area (Å²) in [5.41, 5.74) is 0.602. The summed E-state index contributed by atoms with van der Waals surface area (Å²) in [5.74, 6) is 0.534. The Labute approximate surface area is 68.4 Å². The zero-order chi connectivity index (χ0) is 7.84. The second kappa shape index (κ2) is 2.34. The fraction of sp³-hybridized carbons (Fsp3) is 0.429. The van der Waals surface area contributed by atoms with Gasteiger partial charge in [-0.15, -0.1) is 0 Å². The molecule has 4 heteroatoms. The lowest BCUT2D eigenvalue weighted by molar-refractivity contribution is 0.993. The Hall–Kier alpha value is -0.830. The molecular weight excluding hydrogens is 164 g/mol. The summed E-state index contributed by atoms with van der Waals surface area (Å²) >= 11 is 5.77. The highest BCUT2D eigenvalue weighted by atomic mass is 35.5. The lowest BCUT2D eigenvalue weighted by Gasteiger charge is -1.97. The second-order valence-corrected chi connectivity index (χ2v) is 3.11. The molecule has 0 bridgehead atoms. The van der Waals surface area contributed by atoms with E-state index in [4.69, 9.17) is 11.6 Å². The first-order chi connectivity index (χ1) is 5.27. The van der Waals surface area contributed by atoms with Crippen molar-refractivity contribution in [3.05, 3.63) is 27.4 Å². The van der Waals surface area contributed by atoms with Gasteiger partial charge in [0.15, 0.2) is 0 Å². The normalized spacial score (nSPS) is 16.8. The van der Waals surface area contributed by atoms with E-state index in [1.165, 1.54) is 0 Å². The van der Waals surface area contributed by atoms with Crippen molar-refractivity contribution in [2.45, 2.75) is 18.8 Å². The largest absolute Gasteiger partial charge is 0.346 e. The van der Waals surface area contributed by atoms with Crippen LogP contribution in [-0.2, 0) is 0 Å². The first-order valence-electron chi connectivity index (χ1n) is 3.52. The van der Waals surface area contributed by atoms with Gasteiger partial charge in [0.05, 0.1) is 0 Å². The number of aromatic amines is 1. The van der Waals surface area contributed by atoms with E-state index in [1.807, 2.05) is 0 Å². The van der Waals surface area contributed by atoms with Gasteiger partial charge in [0, 0.05) is 11.8 Å². The molecule has 0 radical (unpaired) electrons. The molecule has 58 valence electrons. The van der Waals surface area contributed by atoms with Crippen molar-refractivity contribution in [1.29, 1.82) is 0 Å². The van der Waals surface area contributed by atoms with Crippen LogP contribution in [0, 0.1) is 0 Å². The molecule has 1 fully saturated rings. The number of nitrogens with zero attached hydrogens (tertiary/aromatic N) is 1. The van der Waals surface area contributed by atoms with Gasteiger partial charge < -0.3 is 0 Å². The fourth-order valence-corrected chi connectivity index (χ4v) is 1.35. The summed E-state index contributed by atoms with van der Waals surface area (Å²) in [5, 5.41) is 0.451. The van der Waals surface area contributed by atoms with E-state index < -0.39 is 0 Å². The van der Waals surface area contributed by atoms with Crippen LogP contribution in [0.25, 0.3) is 0 Å². The molecule has 1 aromatic heterocycles. The van der Waals surface area contributed by atoms with Gasteiger partial charge >= 0.3 is 5.69 Å². The molecule has 0 unspecified atom stereocenters. The minimum atomic E-state index is -0.376. The quantitative estimate of drug-likeness (QED) is 0.646. The Balaban J connectivity index is 2.47. The highest BCUT2D eigenvalue weighted by Gasteiger charge is 2.26. The van der Waals surface area contributed by atoms with Crippen LogP contribution in [0.1, 0.15) is 24.3 Å². The average molecular weight is 171 g/mol. The van der Waals surface area contributed by atoms with Crippen molar-refractivity contribution in [2.75, 3.05) is 0 Å². The van der Waals surface area contributed by atoms with E-state index >= 15 is 0 Å². The maximum absolute atomic E-state index is 10.6. The maximum Gasteiger partial charge on any atom is 0.346 e. The minimum Gasteiger partial charge on any atom is -0.296 e. The standard InChI is InChI=1S/C7H7ClN2O/c8-6-5(4-1-2-4)3-9-7(11)10-6/h3-4H,1-2H2,(H,9,10,11). The van der Waals surface area contributed by atoms with Gasteiger partial charge in [-0.25, -0.2) is 9.78 Å². The summed E-state index contributed by atoms with van der Waals surface area (Å²) in [6, 6.07) is 0. The average Bonchev–Trinajstić information content (AvgIpc) is 2.70. The van der Waals surface area contributed by atoms with Crippen LogP contribution in [0.4, 0.5) is 0 Å². The van der Waals surface area contributed by atoms with Crippen LogP contribution >= 0.6 is 11.6 Å². The molecular formula is C7H7ClN2O. The van der Waals surface area contributed by atoms with Gasteiger partial charge in [-0.2, -0.15) is 0 Å². The molecule has 0 saturated heterocycles. The number of rotatable bonds is 1. The number of halogens is 1. The van der Waals surface area contributed by atoms with Crippen LogP contribution in [-0.4, -0.2) is 9.97 Å². The van der Waals surface area contributed by atoms with Gasteiger partial charge in [-0.1, -0.05) is 11.6 Å². The predicted molar refractivity (Wildman–Crippen MR) is 41.8 cm³/mol. The number of H-pyrrole nitrogens is 1. The Bertz CT molecular complexity index is 329. The summed E-state index contributed by atoms with van der Waals surface area (Å²) in [6.45, 7) is 0. The predicted octanol–water partition coefficient (Wildman–Crippen LogP) is 1.30. The Kier molecular flexibility index (Phi) is 1.46. The summed E-state index contributed by atoms with van der Waals surface area (Å²) in [6.07, 6.45) is 3.89. The fourth-order valence-electron chi connectivity index (χ4n) is 1.06. The van der Waals surface area contributed by atoms with Crippen molar-refractivity contribution in [2.24, 2.45) is 0 Å². The molecule has 1 aromatic rings. The maximum atomic E-state index is 10.6. The smallest absolute Gasteiger partial charge is 0.296 e. The van der Waals surface area contributed by atoms with Crippen molar-refractivity contribution in [3.8, 4) is 0 Å². The Morgan fingerprint density at radius 1 is 1.64 bits per heavy atom. The summed E-state index contributed by atoms with van der Waals surface area (Å²) in [4.78, 5) is 16.7. The monoisotopic (exact) mass is 170 g/mol. The van der Waals surface area contributed by atoms with Crippen LogP contribution in [0.5, 0.6) is 0 Å². The molecule has 1 N–H and O–H groups in total. The van der Waals surface area contributed by atoms with Gasteiger partial charge in [0.25, 0.3) is 0 Å². The Morgan fingerprint density at radius 3 is 2.91 bits per heavy atom. The van der Waals surface area contributed by atoms with Gasteiger partial charge in [-0.3, -0.25) is 4.98 Å². The van der Waals surface area contributed by atoms with E-state index in [-0.39, 0.29) is 5.69 Å². The third-order valence-electron chi connectivity index (χ3n) is 1.81. The molecule has 1 saturated carbocycles. The van der Waals surface area contributed by atoms with Crippen molar-refractivity contribution in [1.82, 2.24) is 9.97 Å². The van der Waals surface area contributed by atoms with E-state index in [2.05, 4.69) is 9.97 Å². The number of hydrogen-bond acceptors (Lipinski definition) is 2. The molecule has 2 rings (SSSR count). The molecule has 0 amide bonds. The molecule has 3 nitrogen and oxygen atoms in total. The highest BCUT2D eigenvalue weighted by molar-refractivity contribution is 6.30. The molecule has 0 aliphatic heterocycles. The topological polar surface area (TPSA) is 45.8 Å². The van der Waals surface area contributed by atoms with E-state index in [1.54, 1.807) is 6.20 Å². The van der Waals surface area contributed by atoms with E-state index in [0.29, 0.717) is 11.1 Å². The van der Waals surface area contributed by atoms with Gasteiger partial charge in [0.1, 0.15) is 5.15 Å². The molecule has 1 aliphatic carbocycles. The zero-order valence-electron chi connectivity index (χ0n) is 5.80. The van der Waals surface area contributed by atoms with Crippen molar-refractivity contribution < 1.29 is 0 Å². The van der Waals surface area contributed by atoms with Crippen LogP contribution < -0.4 is 5.69 Å². The zero-order valence-corrected chi connectivity index (χ0v) is 6.56. The molecule has 0 aromatic carbocycles. The SMILES string of the molecule is O=c1ncc(C2CC2)c(Cl)[nH]1. The highest BCUT2D eigenvalue weighted by Crippen LogP contribution is 2.41. The molecule has 0 spiro atoms. The van der Waals surface area contributed by atoms with Crippen LogP contribution in [0.15, 0.2) is 11.0 Å². The van der Waals surface area contributed by atoms with Crippen molar-refractivity contribution in [3.63, 3.8) is 0 Å². The Morgan fingerprint density at radius 2 is 2.36 bits per heavy atom. The lowest BCUT2D eigenvalue weighted by atomic mass is 10.2. The van der Waals surface area contributed by atoms with Gasteiger partial charge in [0.2, 0.25) is 0 Å². The number of hydrogen-bond donors (Lipinski definition) is 1. The first-order valence-corrected chi connectivity index (χ1v) is 3.90. The third-order valence-corrected chi connectivity index (χ3v) is 2.12. The minimum absolute atomic E-state index is 0.376. The molecule has 11 heavy (non-hydrogen) atoms. The van der Waals surface area contributed by atoms with Crippen LogP contribution in [0.3, 0.4) is 0 Å². The molecule has 1 aliphatic rings. The summed E-state index contributed by atoms with van der Waals surface area (Å²) in [7, 11) is 0. The first kappa shape index (κ1) is 6.85. The van der Waals surface area contributed by atoms with Gasteiger partial charge in [-0.05, 0) is 18.8 Å². The molecule has 1 heterocycles. The lowest BCUT2D eigenvalue weighted by Crippen LogP contribution is -2.10. The van der Waals surface area contributed by atoms with Crippen LogP contribution in [0.2, 0.25) is 5.15 Å². The number of nitrogens with one attached hydrogen (secondary N) is 1. The van der Waals surface area contributed by atoms with E-state index in [9.17, 15) is 4.79 Å².